The molecule has 1 aromatic rings. The largest absolute Gasteiger partial charge is 0.478 e. The van der Waals surface area contributed by atoms with Crippen molar-refractivity contribution < 1.29 is 31.1 Å². The van der Waals surface area contributed by atoms with E-state index < -0.39 is 47.7 Å². The van der Waals surface area contributed by atoms with Gasteiger partial charge >= 0.3 is 5.97 Å². The van der Waals surface area contributed by atoms with Crippen LogP contribution in [-0.2, 0) is 19.7 Å². The van der Waals surface area contributed by atoms with Crippen LogP contribution in [0.4, 0.5) is 4.39 Å². The van der Waals surface area contributed by atoms with E-state index in [4.69, 9.17) is 5.11 Å². The quantitative estimate of drug-likeness (QED) is 0.772. The lowest BCUT2D eigenvalue weighted by Gasteiger charge is -2.08. The summed E-state index contributed by atoms with van der Waals surface area (Å²) in [6.45, 7) is 0. The van der Waals surface area contributed by atoms with Crippen LogP contribution < -0.4 is 0 Å². The third kappa shape index (κ3) is 5.04. The van der Waals surface area contributed by atoms with Crippen LogP contribution in [0.2, 0.25) is 0 Å². The number of carbonyl (C=O) groups is 1. The highest BCUT2D eigenvalue weighted by Gasteiger charge is 2.25. The van der Waals surface area contributed by atoms with Crippen molar-refractivity contribution in [3.8, 4) is 0 Å². The fourth-order valence-electron chi connectivity index (χ4n) is 1.57. The van der Waals surface area contributed by atoms with Gasteiger partial charge in [0, 0.05) is 10.7 Å². The van der Waals surface area contributed by atoms with Gasteiger partial charge in [0.05, 0.1) is 17.1 Å². The second-order valence-corrected chi connectivity index (χ2v) is 9.63. The van der Waals surface area contributed by atoms with E-state index in [1.165, 1.54) is 0 Å². The molecule has 118 valence electrons. The molecule has 0 bridgehead atoms. The molecule has 10 heteroatoms. The molecule has 0 heterocycles. The summed E-state index contributed by atoms with van der Waals surface area (Å²) in [6.07, 6.45) is 0.761. The first-order valence-electron chi connectivity index (χ1n) is 5.57. The zero-order chi connectivity index (χ0) is 16.4. The van der Waals surface area contributed by atoms with Crippen LogP contribution in [-0.4, -0.2) is 45.7 Å². The van der Waals surface area contributed by atoms with Gasteiger partial charge < -0.3 is 5.11 Å². The maximum atomic E-state index is 14.0. The molecule has 0 radical (unpaired) electrons. The van der Waals surface area contributed by atoms with E-state index in [1.54, 1.807) is 0 Å². The summed E-state index contributed by atoms with van der Waals surface area (Å²) in [5.41, 5.74) is -0.772. The standard InChI is InChI=1S/C11H12BrFO6S2/c1-20(16,17)3-2-4-21(18,19)9-6-7(12)5-8(10(9)13)11(14)15/h5-6H,2-4H2,1H3,(H,14,15). The first kappa shape index (κ1) is 18.1. The third-order valence-electron chi connectivity index (χ3n) is 2.50. The molecule has 1 N–H and O–H groups in total. The van der Waals surface area contributed by atoms with Crippen molar-refractivity contribution in [2.24, 2.45) is 0 Å². The van der Waals surface area contributed by atoms with Gasteiger partial charge in [-0.1, -0.05) is 15.9 Å². The molecule has 1 aromatic carbocycles. The van der Waals surface area contributed by atoms with Crippen molar-refractivity contribution >= 4 is 41.6 Å². The Bertz CT molecular complexity index is 770. The van der Waals surface area contributed by atoms with E-state index in [1.807, 2.05) is 0 Å². The first-order valence-corrected chi connectivity index (χ1v) is 10.1. The number of carboxylic acid groups (broad SMARTS) is 1. The Labute approximate surface area is 129 Å². The molecule has 0 atom stereocenters. The summed E-state index contributed by atoms with van der Waals surface area (Å²) >= 11 is 2.92. The van der Waals surface area contributed by atoms with E-state index in [0.717, 1.165) is 18.4 Å². The van der Waals surface area contributed by atoms with Crippen LogP contribution in [0, 0.1) is 5.82 Å². The number of hydrogen-bond acceptors (Lipinski definition) is 5. The lowest BCUT2D eigenvalue weighted by Crippen LogP contribution is -2.15. The predicted molar refractivity (Wildman–Crippen MR) is 77.4 cm³/mol. The van der Waals surface area contributed by atoms with Crippen molar-refractivity contribution in [2.45, 2.75) is 11.3 Å². The lowest BCUT2D eigenvalue weighted by molar-refractivity contribution is 0.0691. The minimum Gasteiger partial charge on any atom is -0.478 e. The van der Waals surface area contributed by atoms with Crippen molar-refractivity contribution in [3.63, 3.8) is 0 Å². The van der Waals surface area contributed by atoms with Gasteiger partial charge in [0.25, 0.3) is 0 Å². The number of halogens is 2. The minimum absolute atomic E-state index is 0.1000. The number of aromatic carboxylic acids is 1. The number of sulfone groups is 2. The average molecular weight is 403 g/mol. The molecular weight excluding hydrogens is 391 g/mol. The van der Waals surface area contributed by atoms with Gasteiger partial charge in [-0.3, -0.25) is 0 Å². The average Bonchev–Trinajstić information content (AvgIpc) is 2.29. The van der Waals surface area contributed by atoms with Crippen LogP contribution in [0.25, 0.3) is 0 Å². The molecule has 21 heavy (non-hydrogen) atoms. The Hall–Kier alpha value is -1.00. The predicted octanol–water partition coefficient (Wildman–Crippen LogP) is 1.49. The molecule has 0 aliphatic carbocycles. The number of hydrogen-bond donors (Lipinski definition) is 1. The topological polar surface area (TPSA) is 106 Å². The van der Waals surface area contributed by atoms with Crippen molar-refractivity contribution in [1.82, 2.24) is 0 Å². The van der Waals surface area contributed by atoms with Crippen molar-refractivity contribution in [2.75, 3.05) is 17.8 Å². The molecule has 0 saturated heterocycles. The van der Waals surface area contributed by atoms with Crippen LogP contribution in [0.3, 0.4) is 0 Å². The zero-order valence-corrected chi connectivity index (χ0v) is 14.1. The smallest absolute Gasteiger partial charge is 0.338 e. The van der Waals surface area contributed by atoms with E-state index in [2.05, 4.69) is 15.9 Å². The Kier molecular flexibility index (Phi) is 5.51. The second-order valence-electron chi connectivity index (χ2n) is 4.37. The van der Waals surface area contributed by atoms with E-state index >= 15 is 0 Å². The monoisotopic (exact) mass is 402 g/mol. The van der Waals surface area contributed by atoms with Gasteiger partial charge in [-0.15, -0.1) is 0 Å². The summed E-state index contributed by atoms with van der Waals surface area (Å²) in [4.78, 5) is 10.1. The number of rotatable bonds is 6. The van der Waals surface area contributed by atoms with Gasteiger partial charge in [-0.25, -0.2) is 26.0 Å². The third-order valence-corrected chi connectivity index (χ3v) is 5.78. The highest BCUT2D eigenvalue weighted by atomic mass is 79.9. The molecule has 0 spiro atoms. The molecule has 0 amide bonds. The summed E-state index contributed by atoms with van der Waals surface area (Å²) in [6, 6.07) is 1.91. The summed E-state index contributed by atoms with van der Waals surface area (Å²) < 4.78 is 60.0. The Morgan fingerprint density at radius 3 is 2.29 bits per heavy atom. The molecule has 0 aromatic heterocycles. The molecule has 0 unspecified atom stereocenters. The van der Waals surface area contributed by atoms with Crippen molar-refractivity contribution in [3.05, 3.63) is 28.0 Å². The SMILES string of the molecule is CS(=O)(=O)CCCS(=O)(=O)c1cc(Br)cc(C(=O)O)c1F. The van der Waals surface area contributed by atoms with E-state index in [0.29, 0.717) is 0 Å². The van der Waals surface area contributed by atoms with Gasteiger partial charge in [-0.2, -0.15) is 0 Å². The lowest BCUT2D eigenvalue weighted by atomic mass is 10.2. The molecular formula is C11H12BrFO6S2. The Morgan fingerprint density at radius 1 is 1.24 bits per heavy atom. The fourth-order valence-corrected chi connectivity index (χ4v) is 4.46. The van der Waals surface area contributed by atoms with Gasteiger partial charge in [-0.05, 0) is 18.6 Å². The maximum Gasteiger partial charge on any atom is 0.338 e. The van der Waals surface area contributed by atoms with Crippen molar-refractivity contribution in [1.29, 1.82) is 0 Å². The van der Waals surface area contributed by atoms with Gasteiger partial charge in [0.2, 0.25) is 0 Å². The molecule has 1 rings (SSSR count). The highest BCUT2D eigenvalue weighted by molar-refractivity contribution is 9.10. The van der Waals surface area contributed by atoms with E-state index in [-0.39, 0.29) is 16.6 Å². The highest BCUT2D eigenvalue weighted by Crippen LogP contribution is 2.25. The van der Waals surface area contributed by atoms with Gasteiger partial charge in [0.1, 0.15) is 14.7 Å². The second kappa shape index (κ2) is 6.41. The Balaban J connectivity index is 3.17. The van der Waals surface area contributed by atoms with E-state index in [9.17, 15) is 26.0 Å². The number of carboxylic acids is 1. The normalized spacial score (nSPS) is 12.3. The first-order chi connectivity index (χ1) is 9.44. The summed E-state index contributed by atoms with van der Waals surface area (Å²) in [5, 5.41) is 8.83. The summed E-state index contributed by atoms with van der Waals surface area (Å²) in [5.74, 6) is -3.90. The molecule has 0 aliphatic rings. The molecule has 0 saturated carbocycles. The fraction of sp³-hybridized carbons (Fsp3) is 0.364. The minimum atomic E-state index is -4.12. The molecule has 0 aliphatic heterocycles. The van der Waals surface area contributed by atoms with Crippen LogP contribution in [0.15, 0.2) is 21.5 Å². The molecule has 0 fully saturated rings. The Morgan fingerprint density at radius 2 is 1.81 bits per heavy atom. The summed E-state index contributed by atoms with van der Waals surface area (Å²) in [7, 11) is -7.45. The van der Waals surface area contributed by atoms with Crippen LogP contribution >= 0.6 is 15.9 Å². The number of benzene rings is 1. The maximum absolute atomic E-state index is 14.0. The van der Waals surface area contributed by atoms with Gasteiger partial charge in [0.15, 0.2) is 15.7 Å². The van der Waals surface area contributed by atoms with Crippen LogP contribution in [0.1, 0.15) is 16.8 Å². The molecule has 6 nitrogen and oxygen atoms in total. The zero-order valence-electron chi connectivity index (χ0n) is 10.8. The van der Waals surface area contributed by atoms with Crippen LogP contribution in [0.5, 0.6) is 0 Å².